The van der Waals surface area contributed by atoms with Gasteiger partial charge >= 0.3 is 6.09 Å². The molecule has 0 bridgehead atoms. The van der Waals surface area contributed by atoms with E-state index in [0.717, 1.165) is 11.1 Å². The van der Waals surface area contributed by atoms with Gasteiger partial charge in [0.2, 0.25) is 5.91 Å². The summed E-state index contributed by atoms with van der Waals surface area (Å²) >= 11 is 0. The first-order valence-corrected chi connectivity index (χ1v) is 11.4. The number of nitrogens with one attached hydrogen (secondary N) is 2. The first-order valence-electron chi connectivity index (χ1n) is 11.4. The number of hydrogen-bond donors (Lipinski definition) is 2. The van der Waals surface area contributed by atoms with Gasteiger partial charge in [-0.2, -0.15) is 0 Å². The summed E-state index contributed by atoms with van der Waals surface area (Å²) in [6.07, 6.45) is 3.96. The Morgan fingerprint density at radius 2 is 1.47 bits per heavy atom. The van der Waals surface area contributed by atoms with E-state index in [4.69, 9.17) is 9.47 Å². The molecule has 0 unspecified atom stereocenters. The molecule has 4 aromatic rings. The minimum atomic E-state index is -0.979. The summed E-state index contributed by atoms with van der Waals surface area (Å²) in [5.74, 6) is 0.239. The highest BCUT2D eigenvalue weighted by Gasteiger charge is 2.23. The molecule has 2 N–H and O–H groups in total. The molecular formula is C28H26N4O4. The second-order valence-electron chi connectivity index (χ2n) is 7.90. The monoisotopic (exact) mass is 482 g/mol. The highest BCUT2D eigenvalue weighted by Crippen LogP contribution is 2.20. The molecule has 36 heavy (non-hydrogen) atoms. The van der Waals surface area contributed by atoms with Crippen molar-refractivity contribution >= 4 is 12.0 Å². The third-order valence-corrected chi connectivity index (χ3v) is 5.26. The first-order chi connectivity index (χ1) is 17.7. The van der Waals surface area contributed by atoms with Gasteiger partial charge in [0.05, 0.1) is 18.4 Å². The molecule has 0 aliphatic carbocycles. The average Bonchev–Trinajstić information content (AvgIpc) is 2.94. The van der Waals surface area contributed by atoms with Crippen LogP contribution < -0.4 is 15.4 Å². The van der Waals surface area contributed by atoms with Crippen LogP contribution in [-0.2, 0) is 29.3 Å². The Morgan fingerprint density at radius 3 is 2.11 bits per heavy atom. The molecule has 0 spiro atoms. The summed E-state index contributed by atoms with van der Waals surface area (Å²) < 4.78 is 11.2. The number of nitrogens with zero attached hydrogens (tertiary/aromatic N) is 2. The second-order valence-corrected chi connectivity index (χ2v) is 7.90. The van der Waals surface area contributed by atoms with Gasteiger partial charge in [0.25, 0.3) is 0 Å². The molecule has 8 nitrogen and oxygen atoms in total. The van der Waals surface area contributed by atoms with Crippen LogP contribution in [0, 0.1) is 0 Å². The van der Waals surface area contributed by atoms with Crippen LogP contribution in [0.15, 0.2) is 104 Å². The molecule has 1 atom stereocenters. The number of amides is 2. The van der Waals surface area contributed by atoms with Gasteiger partial charge in [-0.3, -0.25) is 14.8 Å². The number of benzene rings is 3. The van der Waals surface area contributed by atoms with E-state index < -0.39 is 18.0 Å². The van der Waals surface area contributed by atoms with Crippen LogP contribution in [0.4, 0.5) is 4.79 Å². The van der Waals surface area contributed by atoms with Crippen molar-refractivity contribution in [3.8, 4) is 5.75 Å². The van der Waals surface area contributed by atoms with Gasteiger partial charge in [0.15, 0.2) is 0 Å². The molecule has 4 rings (SSSR count). The number of carbonyl (C=O) groups excluding carboxylic acids is 2. The fourth-order valence-corrected chi connectivity index (χ4v) is 3.38. The lowest BCUT2D eigenvalue weighted by Gasteiger charge is -2.19. The standard InChI is InChI=1S/C28H26N4O4/c33-27(31-18-24-17-29-15-16-30-24)26(32-28(34)36-20-22-9-5-2-6-10-22)23-11-13-25(14-12-23)35-19-21-7-3-1-4-8-21/h1-17,26H,18-20H2,(H,31,33)(H,32,34)/t26-/m1/s1. The Hall–Kier alpha value is -4.72. The molecule has 3 aromatic carbocycles. The predicted molar refractivity (Wildman–Crippen MR) is 134 cm³/mol. The van der Waals surface area contributed by atoms with Crippen molar-refractivity contribution in [2.45, 2.75) is 25.8 Å². The van der Waals surface area contributed by atoms with Gasteiger partial charge < -0.3 is 20.1 Å². The third kappa shape index (κ3) is 7.39. The lowest BCUT2D eigenvalue weighted by Crippen LogP contribution is -2.40. The molecule has 0 radical (unpaired) electrons. The van der Waals surface area contributed by atoms with Crippen molar-refractivity contribution in [1.82, 2.24) is 20.6 Å². The minimum Gasteiger partial charge on any atom is -0.489 e. The quantitative estimate of drug-likeness (QED) is 0.349. The van der Waals surface area contributed by atoms with Crippen molar-refractivity contribution in [2.24, 2.45) is 0 Å². The smallest absolute Gasteiger partial charge is 0.408 e. The van der Waals surface area contributed by atoms with Crippen molar-refractivity contribution in [1.29, 1.82) is 0 Å². The van der Waals surface area contributed by atoms with E-state index >= 15 is 0 Å². The largest absolute Gasteiger partial charge is 0.489 e. The van der Waals surface area contributed by atoms with Gasteiger partial charge in [-0.25, -0.2) is 4.79 Å². The van der Waals surface area contributed by atoms with Crippen molar-refractivity contribution in [2.75, 3.05) is 0 Å². The molecule has 0 aliphatic heterocycles. The van der Waals surface area contributed by atoms with Gasteiger partial charge in [-0.15, -0.1) is 0 Å². The maximum absolute atomic E-state index is 13.1. The van der Waals surface area contributed by atoms with Crippen LogP contribution in [-0.4, -0.2) is 22.0 Å². The maximum Gasteiger partial charge on any atom is 0.408 e. The SMILES string of the molecule is O=C(N[C@@H](C(=O)NCc1cnccn1)c1ccc(OCc2ccccc2)cc1)OCc1ccccc1. The average molecular weight is 483 g/mol. The Balaban J connectivity index is 1.42. The first kappa shape index (κ1) is 24.4. The highest BCUT2D eigenvalue weighted by atomic mass is 16.5. The summed E-state index contributed by atoms with van der Waals surface area (Å²) in [7, 11) is 0. The Labute approximate surface area is 209 Å². The van der Waals surface area contributed by atoms with Crippen LogP contribution in [0.3, 0.4) is 0 Å². The van der Waals surface area contributed by atoms with E-state index in [1.54, 1.807) is 42.9 Å². The summed E-state index contributed by atoms with van der Waals surface area (Å²) in [6, 6.07) is 25.2. The minimum absolute atomic E-state index is 0.0902. The topological polar surface area (TPSA) is 102 Å². The highest BCUT2D eigenvalue weighted by molar-refractivity contribution is 5.86. The van der Waals surface area contributed by atoms with E-state index in [1.165, 1.54) is 0 Å². The fraction of sp³-hybridized carbons (Fsp3) is 0.143. The van der Waals surface area contributed by atoms with Crippen LogP contribution >= 0.6 is 0 Å². The fourth-order valence-electron chi connectivity index (χ4n) is 3.38. The Bertz CT molecular complexity index is 1240. The number of carbonyl (C=O) groups is 2. The summed E-state index contributed by atoms with van der Waals surface area (Å²) in [5, 5.41) is 5.46. The Kier molecular flexibility index (Phi) is 8.58. The maximum atomic E-state index is 13.1. The van der Waals surface area contributed by atoms with E-state index in [2.05, 4.69) is 20.6 Å². The lowest BCUT2D eigenvalue weighted by atomic mass is 10.1. The number of rotatable bonds is 10. The van der Waals surface area contributed by atoms with Crippen LogP contribution in [0.25, 0.3) is 0 Å². The van der Waals surface area contributed by atoms with Crippen LogP contribution in [0.5, 0.6) is 5.75 Å². The molecule has 182 valence electrons. The van der Waals surface area contributed by atoms with Crippen molar-refractivity contribution in [3.63, 3.8) is 0 Å². The molecule has 0 saturated heterocycles. The van der Waals surface area contributed by atoms with Gasteiger partial charge in [-0.05, 0) is 28.8 Å². The predicted octanol–water partition coefficient (Wildman–Crippen LogP) is 4.34. The Morgan fingerprint density at radius 1 is 0.806 bits per heavy atom. The van der Waals surface area contributed by atoms with Gasteiger partial charge in [-0.1, -0.05) is 72.8 Å². The molecule has 1 heterocycles. The molecular weight excluding hydrogens is 456 g/mol. The number of ether oxygens (including phenoxy) is 2. The van der Waals surface area contributed by atoms with Crippen molar-refractivity contribution in [3.05, 3.63) is 126 Å². The summed E-state index contributed by atoms with van der Waals surface area (Å²) in [4.78, 5) is 33.8. The normalized spacial score (nSPS) is 11.2. The zero-order valence-corrected chi connectivity index (χ0v) is 19.5. The number of alkyl carbamates (subject to hydrolysis) is 1. The summed E-state index contributed by atoms with van der Waals surface area (Å²) in [6.45, 7) is 0.682. The molecule has 2 amide bonds. The van der Waals surface area contributed by atoms with E-state index in [1.807, 2.05) is 60.7 Å². The zero-order chi connectivity index (χ0) is 25.0. The van der Waals surface area contributed by atoms with Gasteiger partial charge in [0, 0.05) is 12.4 Å². The van der Waals surface area contributed by atoms with E-state index in [9.17, 15) is 9.59 Å². The van der Waals surface area contributed by atoms with Crippen LogP contribution in [0.2, 0.25) is 0 Å². The third-order valence-electron chi connectivity index (χ3n) is 5.26. The molecule has 0 fully saturated rings. The van der Waals surface area contributed by atoms with E-state index in [-0.39, 0.29) is 13.2 Å². The summed E-state index contributed by atoms with van der Waals surface area (Å²) in [5.41, 5.74) is 3.07. The molecule has 8 heteroatoms. The zero-order valence-electron chi connectivity index (χ0n) is 19.5. The lowest BCUT2D eigenvalue weighted by molar-refractivity contribution is -0.123. The molecule has 1 aromatic heterocycles. The second kappa shape index (κ2) is 12.7. The number of aromatic nitrogens is 2. The molecule has 0 aliphatic rings. The molecule has 0 saturated carbocycles. The van der Waals surface area contributed by atoms with E-state index in [0.29, 0.717) is 23.6 Å². The van der Waals surface area contributed by atoms with Crippen molar-refractivity contribution < 1.29 is 19.1 Å². The number of hydrogen-bond acceptors (Lipinski definition) is 6. The van der Waals surface area contributed by atoms with Crippen LogP contribution in [0.1, 0.15) is 28.4 Å². The van der Waals surface area contributed by atoms with Gasteiger partial charge in [0.1, 0.15) is 25.0 Å².